The number of hydrogen-bond donors (Lipinski definition) is 1. The van der Waals surface area contributed by atoms with Crippen LogP contribution in [0.5, 0.6) is 0 Å². The van der Waals surface area contributed by atoms with E-state index in [1.54, 1.807) is 23.0 Å². The standard InChI is InChI=1S/C31H35N5O5/c1-29(2,3)41-31(20-40-31)35-17-22(18-35)19-39-28(38)33-30-11-6-8-23(25(30)15-30)14-26-27(37)10-12-36(34-26)24-9-5-4-7-21(13-24)16-32/h4-8,10-13,22,25H,9,14-15,17-20H2,1-3H3,(H,33,38). The third-order valence-electron chi connectivity index (χ3n) is 7.97. The molecule has 3 atom stereocenters. The van der Waals surface area contributed by atoms with Crippen molar-refractivity contribution < 1.29 is 19.0 Å². The highest BCUT2D eigenvalue weighted by molar-refractivity contribution is 5.70. The second kappa shape index (κ2) is 10.2. The molecule has 10 heteroatoms. The van der Waals surface area contributed by atoms with Gasteiger partial charge in [-0.25, -0.2) is 14.4 Å². The SMILES string of the molecule is CC(C)(C)OC1(N2CC(COC(=O)NC34C=CC=C(Cc5nn(C6=CC(C#N)=CC=CC6)ccc5=O)C3C4)C2)CO1. The highest BCUT2D eigenvalue weighted by Gasteiger charge is 2.58. The predicted octanol–water partition coefficient (Wildman–Crippen LogP) is 3.45. The van der Waals surface area contributed by atoms with E-state index >= 15 is 0 Å². The molecule has 1 aromatic heterocycles. The van der Waals surface area contributed by atoms with Crippen molar-refractivity contribution in [3.05, 3.63) is 81.9 Å². The molecule has 1 N–H and O–H groups in total. The van der Waals surface area contributed by atoms with Gasteiger partial charge in [0.2, 0.25) is 5.43 Å². The Hall–Kier alpha value is -3.78. The van der Waals surface area contributed by atoms with Crippen LogP contribution < -0.4 is 10.7 Å². The molecule has 6 rings (SSSR count). The van der Waals surface area contributed by atoms with Gasteiger partial charge in [-0.2, -0.15) is 10.4 Å². The fraction of sp³-hybridized carbons (Fsp3) is 0.484. The Kier molecular flexibility index (Phi) is 6.85. The van der Waals surface area contributed by atoms with E-state index in [1.165, 1.54) is 6.07 Å². The van der Waals surface area contributed by atoms with Crippen LogP contribution in [0.1, 0.15) is 39.3 Å². The minimum absolute atomic E-state index is 0.0867. The van der Waals surface area contributed by atoms with Crippen LogP contribution in [0.4, 0.5) is 4.79 Å². The molecule has 3 aliphatic carbocycles. The van der Waals surface area contributed by atoms with Crippen molar-refractivity contribution >= 4 is 11.8 Å². The maximum Gasteiger partial charge on any atom is 0.407 e. The molecular formula is C31H35N5O5. The first kappa shape index (κ1) is 27.4. The molecule has 2 aliphatic heterocycles. The van der Waals surface area contributed by atoms with Gasteiger partial charge < -0.3 is 19.5 Å². The Balaban J connectivity index is 1.02. The zero-order valence-electron chi connectivity index (χ0n) is 23.6. The number of fused-ring (bicyclic) bond motifs is 1. The van der Waals surface area contributed by atoms with Gasteiger partial charge >= 0.3 is 6.09 Å². The number of carbonyl (C=O) groups excluding carboxylic acids is 1. The number of likely N-dealkylation sites (tertiary alicyclic amines) is 1. The van der Waals surface area contributed by atoms with Crippen molar-refractivity contribution in [2.45, 2.75) is 57.1 Å². The van der Waals surface area contributed by atoms with Gasteiger partial charge in [0.25, 0.3) is 5.91 Å². The van der Waals surface area contributed by atoms with Gasteiger partial charge in [-0.3, -0.25) is 4.79 Å². The number of ether oxygens (including phenoxy) is 3. The molecule has 3 unspecified atom stereocenters. The lowest BCUT2D eigenvalue weighted by Gasteiger charge is -2.43. The second-order valence-electron chi connectivity index (χ2n) is 12.4. The topological polar surface area (TPSA) is 122 Å². The summed E-state index contributed by atoms with van der Waals surface area (Å²) in [6.07, 6.45) is 16.2. The van der Waals surface area contributed by atoms with E-state index in [-0.39, 0.29) is 22.9 Å². The molecular weight excluding hydrogens is 522 g/mol. The molecule has 0 bridgehead atoms. The Morgan fingerprint density at radius 3 is 2.83 bits per heavy atom. The molecule has 214 valence electrons. The summed E-state index contributed by atoms with van der Waals surface area (Å²) in [5, 5.41) is 17.0. The summed E-state index contributed by atoms with van der Waals surface area (Å²) in [5.41, 5.74) is 1.89. The molecule has 3 heterocycles. The van der Waals surface area contributed by atoms with Gasteiger partial charge in [-0.15, -0.1) is 0 Å². The monoisotopic (exact) mass is 557 g/mol. The van der Waals surface area contributed by atoms with E-state index in [4.69, 9.17) is 14.2 Å². The number of amides is 1. The van der Waals surface area contributed by atoms with Crippen LogP contribution in [-0.4, -0.2) is 64.1 Å². The molecule has 5 aliphatic rings. The number of nitrogens with zero attached hydrogens (tertiary/aromatic N) is 4. The van der Waals surface area contributed by atoms with Gasteiger partial charge in [0, 0.05) is 55.7 Å². The molecule has 0 radical (unpaired) electrons. The van der Waals surface area contributed by atoms with Crippen molar-refractivity contribution in [3.63, 3.8) is 0 Å². The molecule has 1 saturated carbocycles. The van der Waals surface area contributed by atoms with Crippen LogP contribution in [0.25, 0.3) is 5.70 Å². The maximum absolute atomic E-state index is 12.7. The first-order valence-electron chi connectivity index (χ1n) is 14.1. The van der Waals surface area contributed by atoms with Gasteiger partial charge in [0.05, 0.1) is 29.4 Å². The van der Waals surface area contributed by atoms with Gasteiger partial charge in [0.15, 0.2) is 0 Å². The van der Waals surface area contributed by atoms with Crippen LogP contribution in [0.2, 0.25) is 0 Å². The summed E-state index contributed by atoms with van der Waals surface area (Å²) in [5.74, 6) is -0.298. The van der Waals surface area contributed by atoms with Crippen molar-refractivity contribution in [1.29, 1.82) is 5.26 Å². The highest BCUT2D eigenvalue weighted by Crippen LogP contribution is 2.52. The summed E-state index contributed by atoms with van der Waals surface area (Å²) in [4.78, 5) is 27.6. The summed E-state index contributed by atoms with van der Waals surface area (Å²) < 4.78 is 18.9. The number of allylic oxidation sites excluding steroid dienone is 8. The third kappa shape index (κ3) is 5.84. The normalized spacial score (nSPS) is 28.7. The lowest BCUT2D eigenvalue weighted by atomic mass is 9.96. The summed E-state index contributed by atoms with van der Waals surface area (Å²) in [6.45, 7) is 8.44. The van der Waals surface area contributed by atoms with Crippen molar-refractivity contribution in [3.8, 4) is 6.07 Å². The van der Waals surface area contributed by atoms with Gasteiger partial charge in [0.1, 0.15) is 12.3 Å². The number of nitriles is 1. The van der Waals surface area contributed by atoms with Crippen LogP contribution >= 0.6 is 0 Å². The Morgan fingerprint density at radius 1 is 1.29 bits per heavy atom. The van der Waals surface area contributed by atoms with E-state index in [9.17, 15) is 14.9 Å². The largest absolute Gasteiger partial charge is 0.449 e. The van der Waals surface area contributed by atoms with E-state index in [0.29, 0.717) is 37.3 Å². The predicted molar refractivity (Wildman–Crippen MR) is 151 cm³/mol. The fourth-order valence-electron chi connectivity index (χ4n) is 5.76. The van der Waals surface area contributed by atoms with Crippen LogP contribution in [0.15, 0.2) is 70.7 Å². The van der Waals surface area contributed by atoms with Gasteiger partial charge in [-0.05, 0) is 39.3 Å². The molecule has 2 saturated heterocycles. The maximum atomic E-state index is 12.7. The molecule has 3 fully saturated rings. The Morgan fingerprint density at radius 2 is 2.10 bits per heavy atom. The van der Waals surface area contributed by atoms with Crippen LogP contribution in [0.3, 0.4) is 0 Å². The first-order valence-corrected chi connectivity index (χ1v) is 14.1. The first-order chi connectivity index (χ1) is 19.6. The number of nitrogens with one attached hydrogen (secondary N) is 1. The quantitative estimate of drug-likeness (QED) is 0.483. The summed E-state index contributed by atoms with van der Waals surface area (Å²) in [7, 11) is 0. The number of alkyl carbamates (subject to hydrolysis) is 1. The Bertz CT molecular complexity index is 1490. The van der Waals surface area contributed by atoms with E-state index in [0.717, 1.165) is 30.8 Å². The third-order valence-corrected chi connectivity index (χ3v) is 7.97. The molecule has 41 heavy (non-hydrogen) atoms. The Labute approximate surface area is 239 Å². The van der Waals surface area contributed by atoms with Gasteiger partial charge in [-0.1, -0.05) is 36.0 Å². The van der Waals surface area contributed by atoms with E-state index in [2.05, 4.69) is 21.4 Å². The second-order valence-corrected chi connectivity index (χ2v) is 12.4. The van der Waals surface area contributed by atoms with Crippen molar-refractivity contribution in [2.24, 2.45) is 11.8 Å². The van der Waals surface area contributed by atoms with Crippen LogP contribution in [-0.2, 0) is 20.6 Å². The van der Waals surface area contributed by atoms with E-state index < -0.39 is 17.5 Å². The zero-order valence-corrected chi connectivity index (χ0v) is 23.6. The van der Waals surface area contributed by atoms with Crippen molar-refractivity contribution in [1.82, 2.24) is 20.0 Å². The molecule has 0 aromatic carbocycles. The molecule has 1 amide bonds. The minimum atomic E-state index is -0.621. The number of hydrogen-bond acceptors (Lipinski definition) is 8. The number of aromatic nitrogens is 2. The zero-order chi connectivity index (χ0) is 28.8. The molecule has 10 nitrogen and oxygen atoms in total. The summed E-state index contributed by atoms with van der Waals surface area (Å²) in [6, 6.07) is 3.67. The number of rotatable bonds is 8. The average Bonchev–Trinajstić information content (AvgIpc) is 3.80. The van der Waals surface area contributed by atoms with Crippen LogP contribution in [0, 0.1) is 23.2 Å². The lowest BCUT2D eigenvalue weighted by molar-refractivity contribution is -0.232. The fourth-order valence-corrected chi connectivity index (χ4v) is 5.76. The average molecular weight is 558 g/mol. The molecule has 0 spiro atoms. The smallest absolute Gasteiger partial charge is 0.407 e. The number of carbonyl (C=O) groups is 1. The minimum Gasteiger partial charge on any atom is -0.449 e. The van der Waals surface area contributed by atoms with E-state index in [1.807, 2.05) is 51.2 Å². The highest BCUT2D eigenvalue weighted by atomic mass is 16.8. The number of epoxide rings is 1. The van der Waals surface area contributed by atoms with Crippen molar-refractivity contribution in [2.75, 3.05) is 26.3 Å². The molecule has 1 aromatic rings. The summed E-state index contributed by atoms with van der Waals surface area (Å²) >= 11 is 0. The lowest BCUT2D eigenvalue weighted by Crippen LogP contribution is -2.58.